The monoisotopic (exact) mass is 387 g/mol. The van der Waals surface area contributed by atoms with Gasteiger partial charge in [0, 0.05) is 43.8 Å². The summed E-state index contributed by atoms with van der Waals surface area (Å²) in [5.74, 6) is 0.386. The zero-order valence-corrected chi connectivity index (χ0v) is 16.8. The minimum atomic E-state index is -0.217. The SMILES string of the molecule is Cc1ccc(C)c(NC(=O)c2ccnc(N3CCN(c4ccccc4)CC3)n2)c1. The van der Waals surface area contributed by atoms with Gasteiger partial charge in [-0.25, -0.2) is 9.97 Å². The fourth-order valence-electron chi connectivity index (χ4n) is 3.49. The third kappa shape index (κ3) is 4.37. The highest BCUT2D eigenvalue weighted by Gasteiger charge is 2.20. The highest BCUT2D eigenvalue weighted by atomic mass is 16.1. The van der Waals surface area contributed by atoms with Gasteiger partial charge in [-0.05, 0) is 49.2 Å². The van der Waals surface area contributed by atoms with E-state index in [4.69, 9.17) is 0 Å². The Bertz CT molecular complexity index is 997. The molecule has 1 saturated heterocycles. The second-order valence-corrected chi connectivity index (χ2v) is 7.32. The average Bonchev–Trinajstić information content (AvgIpc) is 2.77. The van der Waals surface area contributed by atoms with E-state index in [0.29, 0.717) is 11.6 Å². The van der Waals surface area contributed by atoms with Crippen LogP contribution in [-0.4, -0.2) is 42.1 Å². The van der Waals surface area contributed by atoms with Gasteiger partial charge in [0.15, 0.2) is 0 Å². The molecule has 1 aliphatic heterocycles. The maximum Gasteiger partial charge on any atom is 0.274 e. The van der Waals surface area contributed by atoms with E-state index in [9.17, 15) is 4.79 Å². The topological polar surface area (TPSA) is 61.4 Å². The van der Waals surface area contributed by atoms with Gasteiger partial charge in [-0.1, -0.05) is 30.3 Å². The summed E-state index contributed by atoms with van der Waals surface area (Å²) in [7, 11) is 0. The molecule has 0 spiro atoms. The van der Waals surface area contributed by atoms with Crippen LogP contribution in [0.2, 0.25) is 0 Å². The fraction of sp³-hybridized carbons (Fsp3) is 0.261. The molecule has 1 amide bonds. The first-order valence-corrected chi connectivity index (χ1v) is 9.87. The molecule has 1 N–H and O–H groups in total. The lowest BCUT2D eigenvalue weighted by molar-refractivity contribution is 0.102. The number of piperazine rings is 1. The Morgan fingerprint density at radius 2 is 1.66 bits per heavy atom. The van der Waals surface area contributed by atoms with Gasteiger partial charge in [-0.3, -0.25) is 4.79 Å². The van der Waals surface area contributed by atoms with Gasteiger partial charge in [0.2, 0.25) is 5.95 Å². The molecule has 2 heterocycles. The maximum atomic E-state index is 12.7. The van der Waals surface area contributed by atoms with E-state index in [1.54, 1.807) is 12.3 Å². The van der Waals surface area contributed by atoms with Gasteiger partial charge >= 0.3 is 0 Å². The van der Waals surface area contributed by atoms with Crippen LogP contribution in [0.1, 0.15) is 21.6 Å². The van der Waals surface area contributed by atoms with Crippen LogP contribution in [0.15, 0.2) is 60.8 Å². The van der Waals surface area contributed by atoms with Crippen LogP contribution in [0.5, 0.6) is 0 Å². The number of carbonyl (C=O) groups excluding carboxylic acids is 1. The summed E-state index contributed by atoms with van der Waals surface area (Å²) in [6, 6.07) is 18.1. The van der Waals surface area contributed by atoms with E-state index in [2.05, 4.69) is 49.4 Å². The molecule has 0 aliphatic carbocycles. The molecular weight excluding hydrogens is 362 g/mol. The van der Waals surface area contributed by atoms with Crippen molar-refractivity contribution in [2.45, 2.75) is 13.8 Å². The van der Waals surface area contributed by atoms with Crippen molar-refractivity contribution in [2.75, 3.05) is 41.3 Å². The van der Waals surface area contributed by atoms with Crippen LogP contribution in [-0.2, 0) is 0 Å². The number of hydrogen-bond donors (Lipinski definition) is 1. The van der Waals surface area contributed by atoms with E-state index in [1.165, 1.54) is 5.69 Å². The summed E-state index contributed by atoms with van der Waals surface area (Å²) in [5.41, 5.74) is 4.54. The number of amides is 1. The van der Waals surface area contributed by atoms with Crippen LogP contribution in [0.25, 0.3) is 0 Å². The summed E-state index contributed by atoms with van der Waals surface area (Å²) in [4.78, 5) is 26.1. The molecule has 6 nitrogen and oxygen atoms in total. The number of carbonyl (C=O) groups is 1. The predicted octanol–water partition coefficient (Wildman–Crippen LogP) is 3.67. The Morgan fingerprint density at radius 3 is 2.41 bits per heavy atom. The molecule has 0 unspecified atom stereocenters. The van der Waals surface area contributed by atoms with Crippen molar-refractivity contribution < 1.29 is 4.79 Å². The third-order valence-electron chi connectivity index (χ3n) is 5.20. The molecule has 1 fully saturated rings. The van der Waals surface area contributed by atoms with Crippen LogP contribution in [0.4, 0.5) is 17.3 Å². The number of benzene rings is 2. The van der Waals surface area contributed by atoms with E-state index in [1.807, 2.05) is 38.1 Å². The zero-order valence-electron chi connectivity index (χ0n) is 16.8. The van der Waals surface area contributed by atoms with Crippen molar-refractivity contribution >= 4 is 23.2 Å². The number of rotatable bonds is 4. The molecule has 3 aromatic rings. The van der Waals surface area contributed by atoms with Crippen molar-refractivity contribution in [2.24, 2.45) is 0 Å². The zero-order chi connectivity index (χ0) is 20.2. The Labute approximate surface area is 171 Å². The highest BCUT2D eigenvalue weighted by Crippen LogP contribution is 2.19. The van der Waals surface area contributed by atoms with Crippen LogP contribution < -0.4 is 15.1 Å². The number of hydrogen-bond acceptors (Lipinski definition) is 5. The first-order chi connectivity index (χ1) is 14.1. The normalized spacial score (nSPS) is 14.0. The molecule has 0 bridgehead atoms. The van der Waals surface area contributed by atoms with Crippen molar-refractivity contribution in [3.8, 4) is 0 Å². The smallest absolute Gasteiger partial charge is 0.274 e. The number of nitrogens with zero attached hydrogens (tertiary/aromatic N) is 4. The van der Waals surface area contributed by atoms with E-state index >= 15 is 0 Å². The van der Waals surface area contributed by atoms with E-state index < -0.39 is 0 Å². The number of aromatic nitrogens is 2. The number of para-hydroxylation sites is 1. The van der Waals surface area contributed by atoms with Gasteiger partial charge < -0.3 is 15.1 Å². The lowest BCUT2D eigenvalue weighted by Gasteiger charge is -2.36. The molecule has 2 aromatic carbocycles. The quantitative estimate of drug-likeness (QED) is 0.740. The summed E-state index contributed by atoms with van der Waals surface area (Å²) in [6.07, 6.45) is 1.66. The summed E-state index contributed by atoms with van der Waals surface area (Å²) in [6.45, 7) is 7.41. The minimum Gasteiger partial charge on any atom is -0.368 e. The second kappa shape index (κ2) is 8.31. The van der Waals surface area contributed by atoms with E-state index in [-0.39, 0.29) is 5.91 Å². The second-order valence-electron chi connectivity index (χ2n) is 7.32. The molecule has 1 aromatic heterocycles. The molecule has 0 atom stereocenters. The molecule has 6 heteroatoms. The first kappa shape index (κ1) is 18.9. The van der Waals surface area contributed by atoms with Crippen molar-refractivity contribution in [3.63, 3.8) is 0 Å². The van der Waals surface area contributed by atoms with Gasteiger partial charge in [0.25, 0.3) is 5.91 Å². The fourth-order valence-corrected chi connectivity index (χ4v) is 3.49. The summed E-state index contributed by atoms with van der Waals surface area (Å²) in [5, 5.41) is 2.97. The Kier molecular flexibility index (Phi) is 5.42. The van der Waals surface area contributed by atoms with Crippen molar-refractivity contribution in [3.05, 3.63) is 77.6 Å². The van der Waals surface area contributed by atoms with E-state index in [0.717, 1.165) is 43.0 Å². The number of anilines is 3. The third-order valence-corrected chi connectivity index (χ3v) is 5.20. The van der Waals surface area contributed by atoms with Crippen molar-refractivity contribution in [1.82, 2.24) is 9.97 Å². The number of aryl methyl sites for hydroxylation is 2. The lowest BCUT2D eigenvalue weighted by atomic mass is 10.1. The molecule has 29 heavy (non-hydrogen) atoms. The number of nitrogens with one attached hydrogen (secondary N) is 1. The Hall–Kier alpha value is -3.41. The van der Waals surface area contributed by atoms with Crippen LogP contribution in [0, 0.1) is 13.8 Å². The minimum absolute atomic E-state index is 0.217. The van der Waals surface area contributed by atoms with Gasteiger partial charge in [-0.15, -0.1) is 0 Å². The molecule has 1 aliphatic rings. The van der Waals surface area contributed by atoms with Gasteiger partial charge in [-0.2, -0.15) is 0 Å². The molecular formula is C23H25N5O. The first-order valence-electron chi connectivity index (χ1n) is 9.87. The molecule has 4 rings (SSSR count). The van der Waals surface area contributed by atoms with Crippen LogP contribution >= 0.6 is 0 Å². The molecule has 148 valence electrons. The maximum absolute atomic E-state index is 12.7. The Balaban J connectivity index is 1.44. The predicted molar refractivity (Wildman–Crippen MR) is 117 cm³/mol. The van der Waals surface area contributed by atoms with Crippen LogP contribution in [0.3, 0.4) is 0 Å². The largest absolute Gasteiger partial charge is 0.368 e. The summed E-state index contributed by atoms with van der Waals surface area (Å²) >= 11 is 0. The summed E-state index contributed by atoms with van der Waals surface area (Å²) < 4.78 is 0. The van der Waals surface area contributed by atoms with Gasteiger partial charge in [0.05, 0.1) is 0 Å². The molecule has 0 radical (unpaired) electrons. The lowest BCUT2D eigenvalue weighted by Crippen LogP contribution is -2.47. The Morgan fingerprint density at radius 1 is 0.931 bits per heavy atom. The van der Waals surface area contributed by atoms with Crippen molar-refractivity contribution in [1.29, 1.82) is 0 Å². The molecule has 0 saturated carbocycles. The highest BCUT2D eigenvalue weighted by molar-refractivity contribution is 6.03. The average molecular weight is 387 g/mol. The standard InChI is InChI=1S/C23H25N5O/c1-17-8-9-18(2)21(16-17)25-22(29)20-10-11-24-23(26-20)28-14-12-27(13-15-28)19-6-4-3-5-7-19/h3-11,16H,12-15H2,1-2H3,(H,25,29). The van der Waals surface area contributed by atoms with Gasteiger partial charge in [0.1, 0.15) is 5.69 Å².